The van der Waals surface area contributed by atoms with Gasteiger partial charge in [0.2, 0.25) is 0 Å². The molecular weight excluding hydrogens is 495 g/mol. The molecule has 0 spiro atoms. The zero-order valence-electron chi connectivity index (χ0n) is 17.0. The van der Waals surface area contributed by atoms with Gasteiger partial charge in [0.15, 0.2) is 0 Å². The zero-order chi connectivity index (χ0) is 21.5. The molecule has 189 valence electrons. The molecule has 0 aliphatic heterocycles. The Morgan fingerprint density at radius 1 is 0.448 bits per heavy atom. The van der Waals surface area contributed by atoms with Crippen molar-refractivity contribution in [1.82, 2.24) is 21.3 Å². The SMILES string of the molecule is CCNCCNCC.CCNCCNCC.O.O.[Cu+2].[O-][Cl+3]([O-])([O-])[O-].[O-][Cl+3]([O-])([O-])[O-]. The average Bonchev–Trinajstić information content (AvgIpc) is 2.46. The quantitative estimate of drug-likeness (QED) is 0.151. The van der Waals surface area contributed by atoms with Crippen molar-refractivity contribution in [2.24, 2.45) is 0 Å². The fourth-order valence-electron chi connectivity index (χ4n) is 1.06. The van der Waals surface area contributed by atoms with Crippen LogP contribution < -0.4 is 58.5 Å². The van der Waals surface area contributed by atoms with E-state index < -0.39 is 20.5 Å². The molecule has 0 heterocycles. The van der Waals surface area contributed by atoms with E-state index in [4.69, 9.17) is 37.3 Å². The molecule has 0 fully saturated rings. The molecule has 0 aromatic carbocycles. The normalized spacial score (nSPS) is 9.52. The van der Waals surface area contributed by atoms with Gasteiger partial charge in [-0.1, -0.05) is 27.7 Å². The first-order chi connectivity index (χ1) is 11.8. The molecule has 0 amide bonds. The second-order valence-corrected chi connectivity index (χ2v) is 5.68. The minimum Gasteiger partial charge on any atom is -0.412 e. The van der Waals surface area contributed by atoms with E-state index in [9.17, 15) is 0 Å². The van der Waals surface area contributed by atoms with Gasteiger partial charge >= 0.3 is 17.1 Å². The first kappa shape index (κ1) is 47.4. The molecule has 0 rings (SSSR count). The number of hydrogen-bond donors (Lipinski definition) is 4. The van der Waals surface area contributed by atoms with Crippen molar-refractivity contribution in [3.63, 3.8) is 0 Å². The van der Waals surface area contributed by atoms with Crippen LogP contribution >= 0.6 is 0 Å². The summed E-state index contributed by atoms with van der Waals surface area (Å²) < 4.78 is 67.9. The predicted octanol–water partition coefficient (Wildman–Crippen LogP) is -10.8. The molecule has 14 nitrogen and oxygen atoms in total. The predicted molar refractivity (Wildman–Crippen MR) is 81.4 cm³/mol. The Morgan fingerprint density at radius 2 is 0.552 bits per heavy atom. The number of halogens is 2. The van der Waals surface area contributed by atoms with Crippen molar-refractivity contribution in [1.29, 1.82) is 0 Å². The summed E-state index contributed by atoms with van der Waals surface area (Å²) in [6.45, 7) is 17.1. The first-order valence-corrected chi connectivity index (χ1v) is 10.4. The monoisotopic (exact) mass is 529 g/mol. The van der Waals surface area contributed by atoms with Crippen LogP contribution in [0.5, 0.6) is 0 Å². The van der Waals surface area contributed by atoms with Crippen LogP contribution in [0.25, 0.3) is 0 Å². The van der Waals surface area contributed by atoms with Gasteiger partial charge < -0.3 is 32.2 Å². The Balaban J connectivity index is -0.0000000440. The smallest absolute Gasteiger partial charge is 0.412 e. The Bertz CT molecular complexity index is 208. The van der Waals surface area contributed by atoms with Gasteiger partial charge in [-0.3, -0.25) is 0 Å². The van der Waals surface area contributed by atoms with Gasteiger partial charge in [0, 0.05) is 26.2 Å². The van der Waals surface area contributed by atoms with Gasteiger partial charge in [0.1, 0.15) is 0 Å². The number of likely N-dealkylation sites (N-methyl/N-ethyl adjacent to an activating group) is 4. The molecular formula is C12H36Cl2CuN4O10. The molecule has 0 aromatic rings. The van der Waals surface area contributed by atoms with Crippen LogP contribution in [0, 0.1) is 20.5 Å². The second-order valence-electron chi connectivity index (χ2n) is 4.17. The van der Waals surface area contributed by atoms with Crippen molar-refractivity contribution < 1.29 is 85.8 Å². The van der Waals surface area contributed by atoms with Gasteiger partial charge in [-0.05, 0) is 26.2 Å². The molecule has 0 aromatic heterocycles. The summed E-state index contributed by atoms with van der Waals surface area (Å²) in [5, 5.41) is 12.9. The maximum absolute atomic E-state index is 8.49. The zero-order valence-corrected chi connectivity index (χ0v) is 19.4. The van der Waals surface area contributed by atoms with Gasteiger partial charge in [-0.15, -0.1) is 20.5 Å². The molecule has 17 heteroatoms. The molecule has 0 unspecified atom stereocenters. The topological polar surface area (TPSA) is 296 Å². The summed E-state index contributed by atoms with van der Waals surface area (Å²) in [5.41, 5.74) is 0. The Labute approximate surface area is 187 Å². The van der Waals surface area contributed by atoms with Crippen LogP contribution in [0.2, 0.25) is 0 Å². The first-order valence-electron chi connectivity index (χ1n) is 7.89. The fourth-order valence-corrected chi connectivity index (χ4v) is 1.06. The van der Waals surface area contributed by atoms with Crippen molar-refractivity contribution >= 4 is 0 Å². The summed E-state index contributed by atoms with van der Waals surface area (Å²) in [5.74, 6) is 0. The van der Waals surface area contributed by atoms with E-state index in [0.717, 1.165) is 52.4 Å². The van der Waals surface area contributed by atoms with Gasteiger partial charge in [-0.2, -0.15) is 0 Å². The van der Waals surface area contributed by atoms with Gasteiger partial charge in [0.05, 0.1) is 0 Å². The van der Waals surface area contributed by atoms with Crippen LogP contribution in [0.1, 0.15) is 27.7 Å². The van der Waals surface area contributed by atoms with Crippen LogP contribution in [0.15, 0.2) is 0 Å². The van der Waals surface area contributed by atoms with Crippen LogP contribution in [0.4, 0.5) is 0 Å². The van der Waals surface area contributed by atoms with Gasteiger partial charge in [-0.25, -0.2) is 37.3 Å². The van der Waals surface area contributed by atoms with Gasteiger partial charge in [0.25, 0.3) is 0 Å². The number of rotatable bonds is 10. The summed E-state index contributed by atoms with van der Waals surface area (Å²) in [7, 11) is -9.89. The molecule has 0 bridgehead atoms. The molecule has 29 heavy (non-hydrogen) atoms. The Hall–Kier alpha value is 0.539. The van der Waals surface area contributed by atoms with E-state index in [1.807, 2.05) is 0 Å². The minimum absolute atomic E-state index is 0. The summed E-state index contributed by atoms with van der Waals surface area (Å²) in [6, 6.07) is 0. The van der Waals surface area contributed by atoms with Crippen LogP contribution in [0.3, 0.4) is 0 Å². The third-order valence-corrected chi connectivity index (χ3v) is 1.96. The summed E-state index contributed by atoms with van der Waals surface area (Å²) >= 11 is 0. The number of nitrogens with one attached hydrogen (secondary N) is 4. The van der Waals surface area contributed by atoms with Crippen molar-refractivity contribution in [2.75, 3.05) is 52.4 Å². The molecule has 0 saturated carbocycles. The Kier molecular flexibility index (Phi) is 58.7. The molecule has 0 saturated heterocycles. The van der Waals surface area contributed by atoms with E-state index in [2.05, 4.69) is 49.0 Å². The summed E-state index contributed by atoms with van der Waals surface area (Å²) in [4.78, 5) is 0. The molecule has 0 aliphatic rings. The van der Waals surface area contributed by atoms with Crippen molar-refractivity contribution in [3.05, 3.63) is 0 Å². The van der Waals surface area contributed by atoms with Crippen LogP contribution in [-0.2, 0) is 17.1 Å². The largest absolute Gasteiger partial charge is 2.00 e. The third-order valence-electron chi connectivity index (χ3n) is 1.96. The van der Waals surface area contributed by atoms with E-state index >= 15 is 0 Å². The van der Waals surface area contributed by atoms with Crippen molar-refractivity contribution in [2.45, 2.75) is 27.7 Å². The van der Waals surface area contributed by atoms with E-state index in [1.54, 1.807) is 0 Å². The minimum atomic E-state index is -4.94. The maximum atomic E-state index is 8.49. The van der Waals surface area contributed by atoms with Crippen LogP contribution in [-0.4, -0.2) is 63.3 Å². The van der Waals surface area contributed by atoms with E-state index in [1.165, 1.54) is 0 Å². The standard InChI is InChI=1S/2C6H16N2.2ClHO4.Cu.2H2O/c2*1-3-7-5-6-8-4-2;2*2-1(3,4)5;;;/h2*7-8H,3-6H2,1-2H3;2*(H,2,3,4,5);;2*1H2/q;;;;+2;;/p-2. The van der Waals surface area contributed by atoms with E-state index in [0.29, 0.717) is 0 Å². The molecule has 8 N–H and O–H groups in total. The third kappa shape index (κ3) is 181. The molecule has 1 radical (unpaired) electrons. The molecule has 0 atom stereocenters. The molecule has 0 aliphatic carbocycles. The maximum Gasteiger partial charge on any atom is 2.00 e. The van der Waals surface area contributed by atoms with Crippen molar-refractivity contribution in [3.8, 4) is 0 Å². The fraction of sp³-hybridized carbons (Fsp3) is 1.00. The Morgan fingerprint density at radius 3 is 0.621 bits per heavy atom. The summed E-state index contributed by atoms with van der Waals surface area (Å²) in [6.07, 6.45) is 0. The average molecular weight is 531 g/mol. The second kappa shape index (κ2) is 35.9. The number of hydrogen-bond acceptors (Lipinski definition) is 12. The van der Waals surface area contributed by atoms with E-state index in [-0.39, 0.29) is 28.0 Å².